The average molecular weight is 391 g/mol. The van der Waals surface area contributed by atoms with Gasteiger partial charge in [0.05, 0.1) is 19.3 Å². The van der Waals surface area contributed by atoms with Gasteiger partial charge >= 0.3 is 0 Å². The molecule has 1 aromatic rings. The maximum absolute atomic E-state index is 5.64. The Morgan fingerprint density at radius 1 is 1.07 bits per heavy atom. The molecule has 2 N–H and O–H groups in total. The Morgan fingerprint density at radius 2 is 1.68 bits per heavy atom. The number of hydrogen-bond acceptors (Lipinski definition) is 4. The van der Waals surface area contributed by atoms with E-state index in [1.807, 2.05) is 19.2 Å². The molecule has 0 bridgehead atoms. The highest BCUT2D eigenvalue weighted by molar-refractivity contribution is 5.79. The van der Waals surface area contributed by atoms with E-state index in [9.17, 15) is 0 Å². The van der Waals surface area contributed by atoms with Gasteiger partial charge in [-0.25, -0.2) is 0 Å². The first-order chi connectivity index (χ1) is 13.4. The van der Waals surface area contributed by atoms with E-state index in [2.05, 4.69) is 53.4 Å². The molecule has 2 rings (SSSR count). The van der Waals surface area contributed by atoms with Gasteiger partial charge in [-0.15, -0.1) is 0 Å². The van der Waals surface area contributed by atoms with Crippen LogP contribution in [0.5, 0.6) is 5.75 Å². The summed E-state index contributed by atoms with van der Waals surface area (Å²) in [6.07, 6.45) is 2.64. The normalized spacial score (nSPS) is 18.0. The highest BCUT2D eigenvalue weighted by Gasteiger charge is 2.26. The SMILES string of the molecule is CN=C(NCC(c1ccc(OC)cc1)N1CCCC1)NCC(OC)C(C)(C)C. The molecule has 0 radical (unpaired) electrons. The van der Waals surface area contributed by atoms with Crippen molar-refractivity contribution in [2.45, 2.75) is 45.8 Å². The number of ether oxygens (including phenoxy) is 2. The predicted octanol–water partition coefficient (Wildman–Crippen LogP) is 3.06. The van der Waals surface area contributed by atoms with Crippen molar-refractivity contribution in [3.05, 3.63) is 29.8 Å². The van der Waals surface area contributed by atoms with Gasteiger partial charge in [-0.1, -0.05) is 32.9 Å². The Labute approximate surface area is 170 Å². The zero-order chi connectivity index (χ0) is 20.6. The van der Waals surface area contributed by atoms with E-state index < -0.39 is 0 Å². The molecule has 1 aromatic carbocycles. The largest absolute Gasteiger partial charge is 0.497 e. The second-order valence-electron chi connectivity index (χ2n) is 8.46. The lowest BCUT2D eigenvalue weighted by Crippen LogP contribution is -2.47. The summed E-state index contributed by atoms with van der Waals surface area (Å²) in [4.78, 5) is 6.95. The molecule has 2 atom stereocenters. The van der Waals surface area contributed by atoms with Crippen LogP contribution in [0.4, 0.5) is 0 Å². The van der Waals surface area contributed by atoms with Crippen LogP contribution in [0.25, 0.3) is 0 Å². The van der Waals surface area contributed by atoms with Gasteiger partial charge in [0.1, 0.15) is 5.75 Å². The molecule has 1 saturated heterocycles. The number of hydrogen-bond donors (Lipinski definition) is 2. The Kier molecular flexibility index (Phi) is 8.58. The van der Waals surface area contributed by atoms with Crippen molar-refractivity contribution in [3.8, 4) is 5.75 Å². The maximum Gasteiger partial charge on any atom is 0.191 e. The lowest BCUT2D eigenvalue weighted by atomic mass is 9.89. The van der Waals surface area contributed by atoms with Crippen LogP contribution in [0, 0.1) is 5.41 Å². The van der Waals surface area contributed by atoms with Gasteiger partial charge in [-0.2, -0.15) is 0 Å². The molecule has 0 aromatic heterocycles. The smallest absolute Gasteiger partial charge is 0.191 e. The third-order valence-electron chi connectivity index (χ3n) is 5.47. The van der Waals surface area contributed by atoms with Crippen molar-refractivity contribution in [3.63, 3.8) is 0 Å². The molecule has 158 valence electrons. The molecule has 6 nitrogen and oxygen atoms in total. The lowest BCUT2D eigenvalue weighted by molar-refractivity contribution is 0.0205. The van der Waals surface area contributed by atoms with Crippen molar-refractivity contribution in [1.82, 2.24) is 15.5 Å². The fourth-order valence-electron chi connectivity index (χ4n) is 3.68. The van der Waals surface area contributed by atoms with Crippen LogP contribution in [-0.4, -0.2) is 64.4 Å². The van der Waals surface area contributed by atoms with Gasteiger partial charge < -0.3 is 20.1 Å². The third-order valence-corrected chi connectivity index (χ3v) is 5.47. The van der Waals surface area contributed by atoms with Crippen LogP contribution in [-0.2, 0) is 4.74 Å². The van der Waals surface area contributed by atoms with Crippen molar-refractivity contribution < 1.29 is 9.47 Å². The monoisotopic (exact) mass is 390 g/mol. The number of guanidine groups is 1. The number of likely N-dealkylation sites (tertiary alicyclic amines) is 1. The number of rotatable bonds is 8. The van der Waals surface area contributed by atoms with E-state index in [1.165, 1.54) is 18.4 Å². The molecular formula is C22H38N4O2. The van der Waals surface area contributed by atoms with E-state index >= 15 is 0 Å². The Balaban J connectivity index is 2.00. The van der Waals surface area contributed by atoms with Gasteiger partial charge in [-0.3, -0.25) is 9.89 Å². The van der Waals surface area contributed by atoms with Gasteiger partial charge in [0.15, 0.2) is 5.96 Å². The molecular weight excluding hydrogens is 352 g/mol. The zero-order valence-electron chi connectivity index (χ0n) is 18.4. The fraction of sp³-hybridized carbons (Fsp3) is 0.682. The Bertz CT molecular complexity index is 604. The minimum absolute atomic E-state index is 0.0712. The van der Waals surface area contributed by atoms with Gasteiger partial charge in [-0.05, 0) is 49.0 Å². The summed E-state index contributed by atoms with van der Waals surface area (Å²) in [5, 5.41) is 6.93. The number of nitrogens with zero attached hydrogens (tertiary/aromatic N) is 2. The quantitative estimate of drug-likeness (QED) is 0.528. The molecule has 1 aliphatic heterocycles. The Morgan fingerprint density at radius 3 is 2.18 bits per heavy atom. The summed E-state index contributed by atoms with van der Waals surface area (Å²) in [5.74, 6) is 1.70. The van der Waals surface area contributed by atoms with Crippen molar-refractivity contribution in [2.75, 3.05) is 47.4 Å². The van der Waals surface area contributed by atoms with E-state index in [1.54, 1.807) is 14.2 Å². The highest BCUT2D eigenvalue weighted by atomic mass is 16.5. The summed E-state index contributed by atoms with van der Waals surface area (Å²) in [5.41, 5.74) is 1.37. The molecule has 0 spiro atoms. The minimum Gasteiger partial charge on any atom is -0.497 e. The first kappa shape index (κ1) is 22.5. The lowest BCUT2D eigenvalue weighted by Gasteiger charge is -2.31. The zero-order valence-corrected chi connectivity index (χ0v) is 18.4. The van der Waals surface area contributed by atoms with E-state index in [0.717, 1.165) is 37.9 Å². The van der Waals surface area contributed by atoms with Crippen LogP contribution in [0.3, 0.4) is 0 Å². The second-order valence-corrected chi connectivity index (χ2v) is 8.46. The number of nitrogens with one attached hydrogen (secondary N) is 2. The first-order valence-corrected chi connectivity index (χ1v) is 10.2. The molecule has 0 aliphatic carbocycles. The highest BCUT2D eigenvalue weighted by Crippen LogP contribution is 2.26. The molecule has 6 heteroatoms. The second kappa shape index (κ2) is 10.7. The molecule has 2 unspecified atom stereocenters. The van der Waals surface area contributed by atoms with Crippen LogP contribution in [0.2, 0.25) is 0 Å². The van der Waals surface area contributed by atoms with E-state index in [0.29, 0.717) is 6.04 Å². The predicted molar refractivity (Wildman–Crippen MR) is 116 cm³/mol. The van der Waals surface area contributed by atoms with Crippen LogP contribution in [0.15, 0.2) is 29.3 Å². The fourth-order valence-corrected chi connectivity index (χ4v) is 3.68. The van der Waals surface area contributed by atoms with Crippen LogP contribution < -0.4 is 15.4 Å². The number of methoxy groups -OCH3 is 2. The van der Waals surface area contributed by atoms with Gasteiger partial charge in [0, 0.05) is 27.2 Å². The summed E-state index contributed by atoms with van der Waals surface area (Å²) >= 11 is 0. The van der Waals surface area contributed by atoms with Crippen molar-refractivity contribution >= 4 is 5.96 Å². The van der Waals surface area contributed by atoms with E-state index in [4.69, 9.17) is 9.47 Å². The summed E-state index contributed by atoms with van der Waals surface area (Å²) < 4.78 is 11.0. The molecule has 1 heterocycles. The molecule has 28 heavy (non-hydrogen) atoms. The van der Waals surface area contributed by atoms with Gasteiger partial charge in [0.2, 0.25) is 0 Å². The topological polar surface area (TPSA) is 58.1 Å². The summed E-state index contributed by atoms with van der Waals surface area (Å²) in [6.45, 7) is 10.4. The van der Waals surface area contributed by atoms with Crippen LogP contribution >= 0.6 is 0 Å². The standard InChI is InChI=1S/C22H38N4O2/c1-22(2,3)20(28-6)16-25-21(23-4)24-15-19(26-13-7-8-14-26)17-9-11-18(27-5)12-10-17/h9-12,19-20H,7-8,13-16H2,1-6H3,(H2,23,24,25). The number of aliphatic imine (C=N–C) groups is 1. The maximum atomic E-state index is 5.64. The van der Waals surface area contributed by atoms with Crippen molar-refractivity contribution in [1.29, 1.82) is 0 Å². The van der Waals surface area contributed by atoms with Crippen LogP contribution in [0.1, 0.15) is 45.2 Å². The summed E-state index contributed by atoms with van der Waals surface area (Å²) in [7, 11) is 5.28. The van der Waals surface area contributed by atoms with Crippen molar-refractivity contribution in [2.24, 2.45) is 10.4 Å². The third kappa shape index (κ3) is 6.38. The first-order valence-electron chi connectivity index (χ1n) is 10.2. The molecule has 0 saturated carbocycles. The van der Waals surface area contributed by atoms with E-state index in [-0.39, 0.29) is 11.5 Å². The summed E-state index contributed by atoms with van der Waals surface area (Å²) in [6, 6.07) is 8.73. The molecule has 1 fully saturated rings. The minimum atomic E-state index is 0.0712. The van der Waals surface area contributed by atoms with Gasteiger partial charge in [0.25, 0.3) is 0 Å². The number of benzene rings is 1. The molecule has 0 amide bonds. The molecule has 1 aliphatic rings. The Hall–Kier alpha value is -1.79. The average Bonchev–Trinajstić information content (AvgIpc) is 3.21.